The molecule has 4 rings (SSSR count). The molecule has 33 heavy (non-hydrogen) atoms. The van der Waals surface area contributed by atoms with Gasteiger partial charge >= 0.3 is 0 Å². The number of nitrogens with zero attached hydrogens (tertiary/aromatic N) is 2. The highest BCUT2D eigenvalue weighted by Gasteiger charge is 2.43. The van der Waals surface area contributed by atoms with Gasteiger partial charge in [0.05, 0.1) is 18.1 Å². The zero-order valence-electron chi connectivity index (χ0n) is 20.6. The van der Waals surface area contributed by atoms with Gasteiger partial charge in [0, 0.05) is 44.7 Å². The minimum atomic E-state index is -0.462. The van der Waals surface area contributed by atoms with Crippen molar-refractivity contribution in [1.29, 1.82) is 0 Å². The molecule has 6 heteroatoms. The van der Waals surface area contributed by atoms with Crippen LogP contribution in [0.1, 0.15) is 70.9 Å². The summed E-state index contributed by atoms with van der Waals surface area (Å²) in [5, 5.41) is 3.10. The van der Waals surface area contributed by atoms with Gasteiger partial charge in [-0.3, -0.25) is 9.59 Å². The number of aryl methyl sites for hydroxylation is 1. The number of likely N-dealkylation sites (N-methyl/N-ethyl adjacent to an activating group) is 1. The Kier molecular flexibility index (Phi) is 8.14. The number of ether oxygens (including phenoxy) is 1. The number of benzene rings is 1. The molecule has 0 saturated carbocycles. The Labute approximate surface area is 197 Å². The Hall–Kier alpha value is -2.86. The lowest BCUT2D eigenvalue weighted by molar-refractivity contribution is -0.124. The molecule has 0 spiro atoms. The Morgan fingerprint density at radius 1 is 1.24 bits per heavy atom. The summed E-state index contributed by atoms with van der Waals surface area (Å²) < 4.78 is 7.73. The van der Waals surface area contributed by atoms with Crippen molar-refractivity contribution >= 4 is 11.8 Å². The van der Waals surface area contributed by atoms with Crippen molar-refractivity contribution in [3.63, 3.8) is 0 Å². The van der Waals surface area contributed by atoms with E-state index in [1.165, 1.54) is 0 Å². The molecule has 1 saturated heterocycles. The lowest BCUT2D eigenvalue weighted by atomic mass is 9.79. The van der Waals surface area contributed by atoms with E-state index in [0.29, 0.717) is 12.1 Å². The Bertz CT molecular complexity index is 1000. The van der Waals surface area contributed by atoms with Gasteiger partial charge in [0.2, 0.25) is 5.91 Å². The average molecular weight is 452 g/mol. The summed E-state index contributed by atoms with van der Waals surface area (Å²) in [4.78, 5) is 28.3. The molecule has 0 aliphatic carbocycles. The smallest absolute Gasteiger partial charge is 0.254 e. The molecule has 1 N–H and O–H groups in total. The number of aromatic nitrogens is 1. The summed E-state index contributed by atoms with van der Waals surface area (Å²) in [5.74, 6) is -0.566. The first-order chi connectivity index (χ1) is 15.8. The predicted molar refractivity (Wildman–Crippen MR) is 131 cm³/mol. The van der Waals surface area contributed by atoms with Crippen LogP contribution in [0, 0.1) is 13.8 Å². The molecule has 2 aliphatic rings. The molecular weight excluding hydrogens is 414 g/mol. The molecule has 6 nitrogen and oxygen atoms in total. The third-order valence-corrected chi connectivity index (χ3v) is 6.83. The van der Waals surface area contributed by atoms with E-state index in [1.54, 1.807) is 11.9 Å². The summed E-state index contributed by atoms with van der Waals surface area (Å²) in [5.41, 5.74) is 4.68. The summed E-state index contributed by atoms with van der Waals surface area (Å²) in [6.45, 7) is 10.9. The third-order valence-electron chi connectivity index (χ3n) is 6.83. The highest BCUT2D eigenvalue weighted by atomic mass is 16.5. The van der Waals surface area contributed by atoms with Crippen LogP contribution in [0.15, 0.2) is 43.1 Å². The highest BCUT2D eigenvalue weighted by molar-refractivity contribution is 6.01. The van der Waals surface area contributed by atoms with Crippen LogP contribution in [0.25, 0.3) is 0 Å². The molecule has 1 aromatic carbocycles. The van der Waals surface area contributed by atoms with Crippen LogP contribution in [0.3, 0.4) is 0 Å². The van der Waals surface area contributed by atoms with Crippen molar-refractivity contribution in [1.82, 2.24) is 14.8 Å². The fourth-order valence-corrected chi connectivity index (χ4v) is 4.65. The maximum atomic E-state index is 13.4. The second-order valence-electron chi connectivity index (χ2n) is 8.91. The highest BCUT2D eigenvalue weighted by Crippen LogP contribution is 2.43. The first-order valence-corrected chi connectivity index (χ1v) is 11.8. The fourth-order valence-electron chi connectivity index (χ4n) is 4.65. The van der Waals surface area contributed by atoms with E-state index in [2.05, 4.69) is 37.2 Å². The Balaban J connectivity index is 0.000000709. The number of rotatable bonds is 5. The van der Waals surface area contributed by atoms with Gasteiger partial charge in [-0.15, -0.1) is 6.58 Å². The first-order valence-electron chi connectivity index (χ1n) is 11.8. The van der Waals surface area contributed by atoms with Gasteiger partial charge in [0.15, 0.2) is 0 Å². The topological polar surface area (TPSA) is 63.6 Å². The van der Waals surface area contributed by atoms with Gasteiger partial charge in [-0.1, -0.05) is 31.2 Å². The standard InChI is InChI=1S/C23H29N3O3.C4H8/c1-14-15(2)25(3)13-19(14)21-20(22(27)24-12-16-8-7-11-29-16)17-9-5-6-10-18(17)23(28)26(21)4;1-3-4-2/h5-6,9-10,13,16,20-21H,7-8,11-12H2,1-4H3,(H,24,27);3H,1,4H2,2H3. The number of carbonyl (C=O) groups is 2. The molecular formula is C27H37N3O3. The summed E-state index contributed by atoms with van der Waals surface area (Å²) >= 11 is 0. The fraction of sp³-hybridized carbons (Fsp3) is 0.481. The SMILES string of the molecule is C=CCC.Cc1c(C2C(C(=O)NCC3CCCO3)c3ccccc3C(=O)N2C)cn(C)c1C. The van der Waals surface area contributed by atoms with E-state index in [1.807, 2.05) is 43.6 Å². The number of nitrogens with one attached hydrogen (secondary N) is 1. The van der Waals surface area contributed by atoms with E-state index in [-0.39, 0.29) is 24.0 Å². The third kappa shape index (κ3) is 5.06. The number of fused-ring (bicyclic) bond motifs is 1. The van der Waals surface area contributed by atoms with Crippen LogP contribution in [-0.4, -0.2) is 47.6 Å². The maximum Gasteiger partial charge on any atom is 0.254 e. The average Bonchev–Trinajstić information content (AvgIpc) is 3.44. The lowest BCUT2D eigenvalue weighted by Crippen LogP contribution is -2.46. The van der Waals surface area contributed by atoms with E-state index >= 15 is 0 Å². The van der Waals surface area contributed by atoms with Crippen molar-refractivity contribution in [2.24, 2.45) is 7.05 Å². The van der Waals surface area contributed by atoms with Crippen molar-refractivity contribution in [3.05, 3.63) is 71.1 Å². The van der Waals surface area contributed by atoms with Crippen LogP contribution in [0.2, 0.25) is 0 Å². The molecule has 0 radical (unpaired) electrons. The molecule has 3 atom stereocenters. The van der Waals surface area contributed by atoms with Crippen molar-refractivity contribution < 1.29 is 14.3 Å². The van der Waals surface area contributed by atoms with Gasteiger partial charge < -0.3 is 19.5 Å². The predicted octanol–water partition coefficient (Wildman–Crippen LogP) is 4.43. The molecule has 1 fully saturated rings. The van der Waals surface area contributed by atoms with Crippen LogP contribution in [0.4, 0.5) is 0 Å². The molecule has 2 aromatic rings. The summed E-state index contributed by atoms with van der Waals surface area (Å²) in [6, 6.07) is 7.13. The first kappa shape index (κ1) is 24.8. The van der Waals surface area contributed by atoms with Crippen molar-refractivity contribution in [2.75, 3.05) is 20.2 Å². The van der Waals surface area contributed by atoms with E-state index < -0.39 is 5.92 Å². The normalized spacial score (nSPS) is 21.8. The number of hydrogen-bond acceptors (Lipinski definition) is 3. The molecule has 2 amide bonds. The van der Waals surface area contributed by atoms with Crippen molar-refractivity contribution in [2.45, 2.75) is 58.1 Å². The zero-order chi connectivity index (χ0) is 24.1. The van der Waals surface area contributed by atoms with Gasteiger partial charge in [0.1, 0.15) is 0 Å². The van der Waals surface area contributed by atoms with E-state index in [4.69, 9.17) is 4.74 Å². The van der Waals surface area contributed by atoms with Crippen LogP contribution in [0.5, 0.6) is 0 Å². The Morgan fingerprint density at radius 2 is 1.94 bits per heavy atom. The lowest BCUT2D eigenvalue weighted by Gasteiger charge is -2.39. The van der Waals surface area contributed by atoms with Gasteiger partial charge in [-0.25, -0.2) is 0 Å². The number of allylic oxidation sites excluding steroid dienone is 1. The van der Waals surface area contributed by atoms with Gasteiger partial charge in [0.25, 0.3) is 5.91 Å². The maximum absolute atomic E-state index is 13.4. The number of hydrogen-bond donors (Lipinski definition) is 1. The van der Waals surface area contributed by atoms with Crippen LogP contribution < -0.4 is 5.32 Å². The monoisotopic (exact) mass is 451 g/mol. The van der Waals surface area contributed by atoms with E-state index in [0.717, 1.165) is 48.3 Å². The number of amides is 2. The van der Waals surface area contributed by atoms with Gasteiger partial charge in [-0.05, 0) is 55.9 Å². The molecule has 3 unspecified atom stereocenters. The largest absolute Gasteiger partial charge is 0.376 e. The van der Waals surface area contributed by atoms with Crippen LogP contribution >= 0.6 is 0 Å². The molecule has 2 aliphatic heterocycles. The van der Waals surface area contributed by atoms with Gasteiger partial charge in [-0.2, -0.15) is 0 Å². The quantitative estimate of drug-likeness (QED) is 0.684. The second-order valence-corrected chi connectivity index (χ2v) is 8.91. The minimum Gasteiger partial charge on any atom is -0.376 e. The minimum absolute atomic E-state index is 0.0466. The van der Waals surface area contributed by atoms with E-state index in [9.17, 15) is 9.59 Å². The molecule has 1 aromatic heterocycles. The van der Waals surface area contributed by atoms with Crippen LogP contribution in [-0.2, 0) is 16.6 Å². The van der Waals surface area contributed by atoms with Crippen molar-refractivity contribution in [3.8, 4) is 0 Å². The zero-order valence-corrected chi connectivity index (χ0v) is 20.6. The molecule has 0 bridgehead atoms. The summed E-state index contributed by atoms with van der Waals surface area (Å²) in [6.07, 6.45) is 7.10. The number of carbonyl (C=O) groups excluding carboxylic acids is 2. The Morgan fingerprint density at radius 3 is 2.52 bits per heavy atom. The second kappa shape index (κ2) is 10.8. The molecule has 178 valence electrons. The summed E-state index contributed by atoms with van der Waals surface area (Å²) in [7, 11) is 3.79. The molecule has 3 heterocycles.